The number of nitrogens with zero attached hydrogens (tertiary/aromatic N) is 1. The fourth-order valence-electron chi connectivity index (χ4n) is 1.10. The Balaban J connectivity index is 2.52. The molecule has 1 heterocycles. The minimum atomic E-state index is -0.793. The van der Waals surface area contributed by atoms with Crippen LogP contribution < -0.4 is 0 Å². The number of hydroxylamine groups is 2. The zero-order valence-corrected chi connectivity index (χ0v) is 6.91. The highest BCUT2D eigenvalue weighted by Gasteiger charge is 2.25. The van der Waals surface area contributed by atoms with E-state index in [1.54, 1.807) is 0 Å². The van der Waals surface area contributed by atoms with Crippen molar-refractivity contribution in [3.8, 4) is 0 Å². The van der Waals surface area contributed by atoms with E-state index in [2.05, 4.69) is 4.84 Å². The van der Waals surface area contributed by atoms with Gasteiger partial charge in [-0.3, -0.25) is 10.2 Å². The second-order valence-corrected chi connectivity index (χ2v) is 2.73. The molecule has 0 spiro atoms. The lowest BCUT2D eigenvalue weighted by atomic mass is 10.1. The van der Waals surface area contributed by atoms with E-state index < -0.39 is 12.1 Å². The van der Waals surface area contributed by atoms with E-state index in [0.717, 1.165) is 11.5 Å². The Kier molecular flexibility index (Phi) is 2.65. The maximum atomic E-state index is 10.5. The van der Waals surface area contributed by atoms with Gasteiger partial charge >= 0.3 is 5.97 Å². The molecular formula is C7H12N2O3. The highest BCUT2D eigenvalue weighted by molar-refractivity contribution is 5.84. The van der Waals surface area contributed by atoms with Gasteiger partial charge < -0.3 is 9.94 Å². The van der Waals surface area contributed by atoms with E-state index in [0.29, 0.717) is 13.0 Å². The predicted octanol–water partition coefficient (Wildman–Crippen LogP) is -0.102. The molecule has 0 saturated carbocycles. The summed E-state index contributed by atoms with van der Waals surface area (Å²) in [6.07, 6.45) is 0.506. The summed E-state index contributed by atoms with van der Waals surface area (Å²) in [5.74, 6) is -0.495. The van der Waals surface area contributed by atoms with Crippen LogP contribution in [0.5, 0.6) is 0 Å². The lowest BCUT2D eigenvalue weighted by molar-refractivity contribution is -0.173. The molecule has 1 aliphatic heterocycles. The van der Waals surface area contributed by atoms with E-state index in [-0.39, 0.29) is 5.84 Å². The van der Waals surface area contributed by atoms with Gasteiger partial charge in [-0.15, -0.1) is 0 Å². The van der Waals surface area contributed by atoms with Crippen LogP contribution in [-0.4, -0.2) is 34.6 Å². The molecule has 1 atom stereocenters. The Bertz CT molecular complexity index is 205. The van der Waals surface area contributed by atoms with Gasteiger partial charge in [-0.2, -0.15) is 5.06 Å². The van der Waals surface area contributed by atoms with E-state index >= 15 is 0 Å². The molecular weight excluding hydrogens is 160 g/mol. The van der Waals surface area contributed by atoms with Gasteiger partial charge in [0.15, 0.2) is 5.84 Å². The summed E-state index contributed by atoms with van der Waals surface area (Å²) in [6.45, 7) is 1.77. The van der Waals surface area contributed by atoms with Gasteiger partial charge in [0.25, 0.3) is 0 Å². The largest absolute Gasteiger partial charge is 0.385 e. The smallest absolute Gasteiger partial charge is 0.329 e. The summed E-state index contributed by atoms with van der Waals surface area (Å²) >= 11 is 0. The first kappa shape index (κ1) is 8.99. The van der Waals surface area contributed by atoms with Crippen LogP contribution in [-0.2, 0) is 9.63 Å². The average Bonchev–Trinajstić information content (AvgIpc) is 1.98. The van der Waals surface area contributed by atoms with Crippen LogP contribution >= 0.6 is 0 Å². The number of hydrogen-bond donors (Lipinski definition) is 2. The number of aliphatic hydroxyl groups is 1. The maximum Gasteiger partial charge on any atom is 0.329 e. The zero-order chi connectivity index (χ0) is 9.14. The minimum absolute atomic E-state index is 0.0311. The van der Waals surface area contributed by atoms with Crippen LogP contribution in [0.4, 0.5) is 0 Å². The summed E-state index contributed by atoms with van der Waals surface area (Å²) in [6, 6.07) is 0. The SMILES string of the molecule is CC(=O)ON1CCCC(O)C1=N. The molecule has 12 heavy (non-hydrogen) atoms. The molecule has 0 amide bonds. The van der Waals surface area contributed by atoms with Crippen LogP contribution in [0.3, 0.4) is 0 Å². The molecule has 5 nitrogen and oxygen atoms in total. The Labute approximate surface area is 70.4 Å². The molecule has 1 rings (SSSR count). The molecule has 0 aromatic rings. The number of amidine groups is 1. The summed E-state index contributed by atoms with van der Waals surface area (Å²) in [5.41, 5.74) is 0. The molecule has 2 N–H and O–H groups in total. The second-order valence-electron chi connectivity index (χ2n) is 2.73. The van der Waals surface area contributed by atoms with Crippen molar-refractivity contribution in [3.05, 3.63) is 0 Å². The Morgan fingerprint density at radius 3 is 3.08 bits per heavy atom. The van der Waals surface area contributed by atoms with Gasteiger partial charge in [-0.25, -0.2) is 0 Å². The maximum absolute atomic E-state index is 10.5. The first-order chi connectivity index (χ1) is 5.61. The van der Waals surface area contributed by atoms with Crippen molar-refractivity contribution in [2.75, 3.05) is 6.54 Å². The summed E-state index contributed by atoms with van der Waals surface area (Å²) in [7, 11) is 0. The summed E-state index contributed by atoms with van der Waals surface area (Å²) in [4.78, 5) is 15.2. The Morgan fingerprint density at radius 2 is 2.50 bits per heavy atom. The van der Waals surface area contributed by atoms with Crippen molar-refractivity contribution in [1.29, 1.82) is 5.41 Å². The van der Waals surface area contributed by atoms with E-state index in [1.165, 1.54) is 6.92 Å². The van der Waals surface area contributed by atoms with Crippen LogP contribution in [0, 0.1) is 5.41 Å². The second kappa shape index (κ2) is 3.53. The van der Waals surface area contributed by atoms with Crippen LogP contribution in [0.2, 0.25) is 0 Å². The molecule has 0 radical (unpaired) electrons. The van der Waals surface area contributed by atoms with Gasteiger partial charge in [0.05, 0.1) is 6.54 Å². The lowest BCUT2D eigenvalue weighted by Crippen LogP contribution is -2.44. The van der Waals surface area contributed by atoms with Crippen LogP contribution in [0.15, 0.2) is 0 Å². The van der Waals surface area contributed by atoms with E-state index in [9.17, 15) is 9.90 Å². The fourth-order valence-corrected chi connectivity index (χ4v) is 1.10. The van der Waals surface area contributed by atoms with Crippen molar-refractivity contribution in [2.45, 2.75) is 25.9 Å². The number of rotatable bonds is 1. The highest BCUT2D eigenvalue weighted by atomic mass is 16.7. The zero-order valence-electron chi connectivity index (χ0n) is 6.91. The molecule has 0 bridgehead atoms. The first-order valence-corrected chi connectivity index (χ1v) is 3.84. The van der Waals surface area contributed by atoms with Gasteiger partial charge in [0.2, 0.25) is 0 Å². The molecule has 1 saturated heterocycles. The fraction of sp³-hybridized carbons (Fsp3) is 0.714. The van der Waals surface area contributed by atoms with E-state index in [1.807, 2.05) is 0 Å². The summed E-state index contributed by atoms with van der Waals surface area (Å²) < 4.78 is 0. The number of carbonyl (C=O) groups is 1. The van der Waals surface area contributed by atoms with Crippen molar-refractivity contribution in [2.24, 2.45) is 0 Å². The van der Waals surface area contributed by atoms with Crippen molar-refractivity contribution >= 4 is 11.8 Å². The molecule has 68 valence electrons. The molecule has 5 heteroatoms. The number of piperidine rings is 1. The number of aliphatic hydroxyl groups excluding tert-OH is 1. The Morgan fingerprint density at radius 1 is 1.83 bits per heavy atom. The van der Waals surface area contributed by atoms with Crippen molar-refractivity contribution in [1.82, 2.24) is 5.06 Å². The Hall–Kier alpha value is -1.10. The highest BCUT2D eigenvalue weighted by Crippen LogP contribution is 2.11. The lowest BCUT2D eigenvalue weighted by Gasteiger charge is -2.29. The van der Waals surface area contributed by atoms with Gasteiger partial charge in [0, 0.05) is 6.92 Å². The van der Waals surface area contributed by atoms with Gasteiger partial charge in [0.1, 0.15) is 6.10 Å². The van der Waals surface area contributed by atoms with E-state index in [4.69, 9.17) is 5.41 Å². The molecule has 0 aromatic heterocycles. The standard InChI is InChI=1S/C7H12N2O3/c1-5(10)12-9-4-2-3-6(11)7(9)8/h6,8,11H,2-4H2,1H3. The predicted molar refractivity (Wildman–Crippen MR) is 41.4 cm³/mol. The normalized spacial score (nSPS) is 24.0. The topological polar surface area (TPSA) is 73.6 Å². The average molecular weight is 172 g/mol. The van der Waals surface area contributed by atoms with Crippen LogP contribution in [0.25, 0.3) is 0 Å². The van der Waals surface area contributed by atoms with Gasteiger partial charge in [-0.1, -0.05) is 0 Å². The first-order valence-electron chi connectivity index (χ1n) is 3.84. The quantitative estimate of drug-likeness (QED) is 0.579. The number of hydrogen-bond acceptors (Lipinski definition) is 4. The number of carbonyl (C=O) groups excluding carboxylic acids is 1. The molecule has 0 aliphatic carbocycles. The van der Waals surface area contributed by atoms with Crippen molar-refractivity contribution < 1.29 is 14.7 Å². The summed E-state index contributed by atoms with van der Waals surface area (Å²) in [5, 5.41) is 17.7. The molecule has 1 fully saturated rings. The third kappa shape index (κ3) is 1.94. The molecule has 1 aliphatic rings. The van der Waals surface area contributed by atoms with Gasteiger partial charge in [-0.05, 0) is 12.8 Å². The molecule has 1 unspecified atom stereocenters. The third-order valence-electron chi connectivity index (χ3n) is 1.66. The third-order valence-corrected chi connectivity index (χ3v) is 1.66. The monoisotopic (exact) mass is 172 g/mol. The number of nitrogens with one attached hydrogen (secondary N) is 1. The minimum Gasteiger partial charge on any atom is -0.385 e. The van der Waals surface area contributed by atoms with Crippen molar-refractivity contribution in [3.63, 3.8) is 0 Å². The molecule has 0 aromatic carbocycles. The van der Waals surface area contributed by atoms with Crippen LogP contribution in [0.1, 0.15) is 19.8 Å².